The van der Waals surface area contributed by atoms with Gasteiger partial charge in [-0.05, 0) is 18.6 Å². The molecule has 2 heteroatoms. The summed E-state index contributed by atoms with van der Waals surface area (Å²) in [4.78, 5) is 6.93. The van der Waals surface area contributed by atoms with Gasteiger partial charge in [-0.25, -0.2) is 0 Å². The second-order valence-electron chi connectivity index (χ2n) is 2.04. The number of rotatable bonds is 2. The Kier molecular flexibility index (Phi) is 2.05. The Morgan fingerprint density at radius 3 is 3.00 bits per heavy atom. The second-order valence-corrected chi connectivity index (χ2v) is 2.04. The van der Waals surface area contributed by atoms with E-state index in [9.17, 15) is 0 Å². The number of H-pyrrole nitrogens is 1. The summed E-state index contributed by atoms with van der Waals surface area (Å²) in [6.45, 7) is 5.51. The molecule has 0 amide bonds. The molecule has 2 nitrogen and oxygen atoms in total. The Morgan fingerprint density at radius 2 is 2.50 bits per heavy atom. The van der Waals surface area contributed by atoms with E-state index >= 15 is 0 Å². The van der Waals surface area contributed by atoms with Crippen molar-refractivity contribution in [2.24, 2.45) is 4.99 Å². The third-order valence-corrected chi connectivity index (χ3v) is 1.31. The van der Waals surface area contributed by atoms with Gasteiger partial charge >= 0.3 is 0 Å². The fraction of sp³-hybridized carbons (Fsp3) is 0.125. The van der Waals surface area contributed by atoms with Crippen molar-refractivity contribution in [3.05, 3.63) is 36.3 Å². The fourth-order valence-electron chi connectivity index (χ4n) is 0.726. The van der Waals surface area contributed by atoms with Crippen molar-refractivity contribution in [2.75, 3.05) is 0 Å². The zero-order chi connectivity index (χ0) is 7.40. The molecule has 0 radical (unpaired) electrons. The van der Waals surface area contributed by atoms with Crippen molar-refractivity contribution >= 4 is 6.21 Å². The Morgan fingerprint density at radius 1 is 1.70 bits per heavy atom. The zero-order valence-electron chi connectivity index (χ0n) is 5.96. The lowest BCUT2D eigenvalue weighted by molar-refractivity contribution is 1.35. The lowest BCUT2D eigenvalue weighted by atomic mass is 10.3. The third kappa shape index (κ3) is 1.35. The number of hydrogen-bond acceptors (Lipinski definition) is 1. The van der Waals surface area contributed by atoms with Gasteiger partial charge < -0.3 is 4.98 Å². The minimum absolute atomic E-state index is 1.04. The Balaban J connectivity index is 2.83. The van der Waals surface area contributed by atoms with Crippen LogP contribution in [0.1, 0.15) is 11.3 Å². The minimum atomic E-state index is 1.04. The molecule has 1 aromatic rings. The van der Waals surface area contributed by atoms with Crippen molar-refractivity contribution in [1.29, 1.82) is 0 Å². The molecule has 0 aromatic carbocycles. The summed E-state index contributed by atoms with van der Waals surface area (Å²) in [7, 11) is 0. The van der Waals surface area contributed by atoms with Crippen molar-refractivity contribution in [1.82, 2.24) is 4.98 Å². The molecular formula is C8H10N2. The van der Waals surface area contributed by atoms with Crippen LogP contribution >= 0.6 is 0 Å². The molecule has 0 bridgehead atoms. The van der Waals surface area contributed by atoms with Gasteiger partial charge in [0, 0.05) is 12.4 Å². The number of aryl methyl sites for hydroxylation is 1. The van der Waals surface area contributed by atoms with Crippen LogP contribution in [0.4, 0.5) is 0 Å². The molecule has 0 fully saturated rings. The van der Waals surface area contributed by atoms with Gasteiger partial charge in [-0.2, -0.15) is 0 Å². The first-order valence-electron chi connectivity index (χ1n) is 3.12. The standard InChI is InChI=1S/C8H10N2/c1-3-9-6-8-7(2)4-5-10-8/h3-6,10H,1H2,2H3. The highest BCUT2D eigenvalue weighted by atomic mass is 14.7. The second kappa shape index (κ2) is 3.01. The van der Waals surface area contributed by atoms with Gasteiger partial charge in [0.25, 0.3) is 0 Å². The van der Waals surface area contributed by atoms with Crippen LogP contribution in [0.25, 0.3) is 0 Å². The van der Waals surface area contributed by atoms with E-state index in [4.69, 9.17) is 0 Å². The fourth-order valence-corrected chi connectivity index (χ4v) is 0.726. The summed E-state index contributed by atoms with van der Waals surface area (Å²) >= 11 is 0. The summed E-state index contributed by atoms with van der Waals surface area (Å²) in [5.74, 6) is 0. The lowest BCUT2D eigenvalue weighted by Gasteiger charge is -1.85. The first-order valence-corrected chi connectivity index (χ1v) is 3.12. The maximum absolute atomic E-state index is 3.88. The molecular weight excluding hydrogens is 124 g/mol. The highest BCUT2D eigenvalue weighted by molar-refractivity contribution is 5.79. The summed E-state index contributed by atoms with van der Waals surface area (Å²) < 4.78 is 0. The van der Waals surface area contributed by atoms with Crippen LogP contribution in [-0.2, 0) is 0 Å². The molecule has 0 aliphatic heterocycles. The summed E-state index contributed by atoms with van der Waals surface area (Å²) in [5, 5.41) is 0. The predicted molar refractivity (Wildman–Crippen MR) is 43.3 cm³/mol. The Bertz CT molecular complexity index is 246. The van der Waals surface area contributed by atoms with Crippen LogP contribution in [0.2, 0.25) is 0 Å². The molecule has 10 heavy (non-hydrogen) atoms. The van der Waals surface area contributed by atoms with E-state index in [-0.39, 0.29) is 0 Å². The summed E-state index contributed by atoms with van der Waals surface area (Å²) in [5.41, 5.74) is 2.24. The summed E-state index contributed by atoms with van der Waals surface area (Å²) in [6.07, 6.45) is 5.16. The highest BCUT2D eigenvalue weighted by Crippen LogP contribution is 2.00. The van der Waals surface area contributed by atoms with Crippen molar-refractivity contribution in [3.8, 4) is 0 Å². The first-order chi connectivity index (χ1) is 4.84. The van der Waals surface area contributed by atoms with Crippen molar-refractivity contribution in [2.45, 2.75) is 6.92 Å². The quantitative estimate of drug-likeness (QED) is 0.598. The van der Waals surface area contributed by atoms with E-state index in [2.05, 4.69) is 16.6 Å². The molecule has 0 saturated heterocycles. The SMILES string of the molecule is C=CN=Cc1[nH]ccc1C. The van der Waals surface area contributed by atoms with Gasteiger partial charge in [-0.1, -0.05) is 6.58 Å². The van der Waals surface area contributed by atoms with Crippen LogP contribution in [0.5, 0.6) is 0 Å². The number of aliphatic imine (C=N–C) groups is 1. The van der Waals surface area contributed by atoms with E-state index in [1.54, 1.807) is 6.21 Å². The van der Waals surface area contributed by atoms with E-state index in [1.165, 1.54) is 11.8 Å². The van der Waals surface area contributed by atoms with Gasteiger partial charge in [-0.15, -0.1) is 0 Å². The average Bonchev–Trinajstić information content (AvgIpc) is 2.31. The minimum Gasteiger partial charge on any atom is -0.360 e. The van der Waals surface area contributed by atoms with Gasteiger partial charge in [0.1, 0.15) is 0 Å². The number of aromatic amines is 1. The number of aromatic nitrogens is 1. The predicted octanol–water partition coefficient (Wildman–Crippen LogP) is 1.89. The number of nitrogens with one attached hydrogen (secondary N) is 1. The first kappa shape index (κ1) is 6.81. The maximum Gasteiger partial charge on any atom is 0.0595 e. The molecule has 0 unspecified atom stereocenters. The number of hydrogen-bond donors (Lipinski definition) is 1. The molecule has 1 rings (SSSR count). The monoisotopic (exact) mass is 134 g/mol. The van der Waals surface area contributed by atoms with E-state index < -0.39 is 0 Å². The number of nitrogens with zero attached hydrogens (tertiary/aromatic N) is 1. The Hall–Kier alpha value is -1.31. The van der Waals surface area contributed by atoms with Gasteiger partial charge in [-0.3, -0.25) is 4.99 Å². The zero-order valence-corrected chi connectivity index (χ0v) is 5.96. The van der Waals surface area contributed by atoms with Crippen LogP contribution in [-0.4, -0.2) is 11.2 Å². The van der Waals surface area contributed by atoms with Gasteiger partial charge in [0.05, 0.1) is 11.9 Å². The highest BCUT2D eigenvalue weighted by Gasteiger charge is 1.91. The van der Waals surface area contributed by atoms with E-state index in [0.29, 0.717) is 0 Å². The molecule has 1 N–H and O–H groups in total. The molecule has 52 valence electrons. The Labute approximate surface area is 60.3 Å². The maximum atomic E-state index is 3.88. The summed E-state index contributed by atoms with van der Waals surface area (Å²) in [6, 6.07) is 2.00. The van der Waals surface area contributed by atoms with Crippen molar-refractivity contribution < 1.29 is 0 Å². The molecule has 0 aliphatic rings. The van der Waals surface area contributed by atoms with Crippen molar-refractivity contribution in [3.63, 3.8) is 0 Å². The molecule has 1 aromatic heterocycles. The van der Waals surface area contributed by atoms with Crippen LogP contribution in [0, 0.1) is 6.92 Å². The van der Waals surface area contributed by atoms with E-state index in [0.717, 1.165) is 5.69 Å². The smallest absolute Gasteiger partial charge is 0.0595 e. The molecule has 0 aliphatic carbocycles. The van der Waals surface area contributed by atoms with E-state index in [1.807, 2.05) is 19.2 Å². The largest absolute Gasteiger partial charge is 0.360 e. The molecule has 0 atom stereocenters. The van der Waals surface area contributed by atoms with Gasteiger partial charge in [0.15, 0.2) is 0 Å². The molecule has 1 heterocycles. The van der Waals surface area contributed by atoms with Crippen LogP contribution < -0.4 is 0 Å². The van der Waals surface area contributed by atoms with Crippen LogP contribution in [0.3, 0.4) is 0 Å². The van der Waals surface area contributed by atoms with Crippen LogP contribution in [0.15, 0.2) is 30.0 Å². The normalized spacial score (nSPS) is 10.5. The third-order valence-electron chi connectivity index (χ3n) is 1.31. The van der Waals surface area contributed by atoms with Gasteiger partial charge in [0.2, 0.25) is 0 Å². The average molecular weight is 134 g/mol. The lowest BCUT2D eigenvalue weighted by Crippen LogP contribution is -1.81. The topological polar surface area (TPSA) is 28.1 Å². The molecule has 0 saturated carbocycles. The molecule has 0 spiro atoms.